The highest BCUT2D eigenvalue weighted by Crippen LogP contribution is 2.27. The first-order valence-electron chi connectivity index (χ1n) is 5.39. The summed E-state index contributed by atoms with van der Waals surface area (Å²) in [5.41, 5.74) is 1.25. The second kappa shape index (κ2) is 4.99. The SMILES string of the molecule is Cc1ccc(OC2CCNCC2)c(Br)c1. The Bertz CT molecular complexity index is 334. The monoisotopic (exact) mass is 269 g/mol. The maximum absolute atomic E-state index is 5.95. The molecule has 1 aromatic rings. The third-order valence-corrected chi connectivity index (χ3v) is 3.29. The van der Waals surface area contributed by atoms with Gasteiger partial charge >= 0.3 is 0 Å². The molecule has 0 aliphatic carbocycles. The molecule has 0 saturated carbocycles. The quantitative estimate of drug-likeness (QED) is 0.892. The summed E-state index contributed by atoms with van der Waals surface area (Å²) in [6, 6.07) is 6.22. The van der Waals surface area contributed by atoms with Gasteiger partial charge in [-0.05, 0) is 66.5 Å². The van der Waals surface area contributed by atoms with Gasteiger partial charge in [-0.2, -0.15) is 0 Å². The number of hydrogen-bond acceptors (Lipinski definition) is 2. The maximum atomic E-state index is 5.95. The number of rotatable bonds is 2. The Labute approximate surface area is 99.1 Å². The highest BCUT2D eigenvalue weighted by molar-refractivity contribution is 9.10. The van der Waals surface area contributed by atoms with Crippen LogP contribution in [0.25, 0.3) is 0 Å². The van der Waals surface area contributed by atoms with E-state index in [2.05, 4.69) is 40.3 Å². The third-order valence-electron chi connectivity index (χ3n) is 2.67. The van der Waals surface area contributed by atoms with Crippen LogP contribution >= 0.6 is 15.9 Å². The van der Waals surface area contributed by atoms with E-state index in [-0.39, 0.29) is 0 Å². The summed E-state index contributed by atoms with van der Waals surface area (Å²) in [7, 11) is 0. The molecule has 1 heterocycles. The molecule has 82 valence electrons. The molecule has 1 saturated heterocycles. The first-order valence-corrected chi connectivity index (χ1v) is 6.18. The van der Waals surface area contributed by atoms with Crippen LogP contribution in [0.3, 0.4) is 0 Å². The first-order chi connectivity index (χ1) is 7.25. The van der Waals surface area contributed by atoms with Crippen molar-refractivity contribution in [2.24, 2.45) is 0 Å². The van der Waals surface area contributed by atoms with Gasteiger partial charge in [0.2, 0.25) is 0 Å². The molecule has 2 rings (SSSR count). The molecular formula is C12H16BrNO. The van der Waals surface area contributed by atoms with Gasteiger partial charge in [-0.15, -0.1) is 0 Å². The lowest BCUT2D eigenvalue weighted by molar-refractivity contribution is 0.161. The van der Waals surface area contributed by atoms with Crippen molar-refractivity contribution in [3.63, 3.8) is 0 Å². The number of nitrogens with one attached hydrogen (secondary N) is 1. The smallest absolute Gasteiger partial charge is 0.133 e. The van der Waals surface area contributed by atoms with E-state index in [1.807, 2.05) is 6.07 Å². The van der Waals surface area contributed by atoms with Crippen LogP contribution in [0.1, 0.15) is 18.4 Å². The zero-order valence-electron chi connectivity index (χ0n) is 8.92. The van der Waals surface area contributed by atoms with E-state index in [1.54, 1.807) is 0 Å². The van der Waals surface area contributed by atoms with Crippen LogP contribution in [-0.2, 0) is 0 Å². The van der Waals surface area contributed by atoms with Gasteiger partial charge in [-0.25, -0.2) is 0 Å². The molecule has 3 heteroatoms. The van der Waals surface area contributed by atoms with Crippen molar-refractivity contribution in [3.8, 4) is 5.75 Å². The second-order valence-electron chi connectivity index (χ2n) is 4.00. The Hall–Kier alpha value is -0.540. The standard InChI is InChI=1S/C12H16BrNO/c1-9-2-3-12(11(13)8-9)15-10-4-6-14-7-5-10/h2-3,8,10,14H,4-7H2,1H3. The average Bonchev–Trinajstić information content (AvgIpc) is 2.24. The lowest BCUT2D eigenvalue weighted by Crippen LogP contribution is -2.34. The lowest BCUT2D eigenvalue weighted by atomic mass is 10.1. The Balaban J connectivity index is 2.03. The molecular weight excluding hydrogens is 254 g/mol. The average molecular weight is 270 g/mol. The summed E-state index contributed by atoms with van der Waals surface area (Å²) >= 11 is 3.53. The summed E-state index contributed by atoms with van der Waals surface area (Å²) in [4.78, 5) is 0. The van der Waals surface area contributed by atoms with Crippen molar-refractivity contribution in [3.05, 3.63) is 28.2 Å². The summed E-state index contributed by atoms with van der Waals surface area (Å²) in [6.45, 7) is 4.21. The van der Waals surface area contributed by atoms with Crippen molar-refractivity contribution in [2.75, 3.05) is 13.1 Å². The van der Waals surface area contributed by atoms with E-state index in [9.17, 15) is 0 Å². The Morgan fingerprint density at radius 3 is 2.73 bits per heavy atom. The Morgan fingerprint density at radius 1 is 1.33 bits per heavy atom. The second-order valence-corrected chi connectivity index (χ2v) is 4.86. The highest BCUT2D eigenvalue weighted by Gasteiger charge is 2.15. The molecule has 0 amide bonds. The van der Waals surface area contributed by atoms with Crippen molar-refractivity contribution in [1.82, 2.24) is 5.32 Å². The molecule has 0 spiro atoms. The molecule has 1 N–H and O–H groups in total. The first kappa shape index (κ1) is 11.0. The molecule has 1 aromatic carbocycles. The third kappa shape index (κ3) is 2.95. The minimum atomic E-state index is 0.366. The number of ether oxygens (including phenoxy) is 1. The minimum absolute atomic E-state index is 0.366. The molecule has 0 unspecified atom stereocenters. The zero-order chi connectivity index (χ0) is 10.7. The van der Waals surface area contributed by atoms with Gasteiger partial charge < -0.3 is 10.1 Å². The van der Waals surface area contributed by atoms with E-state index in [0.29, 0.717) is 6.10 Å². The highest BCUT2D eigenvalue weighted by atomic mass is 79.9. The van der Waals surface area contributed by atoms with Gasteiger partial charge in [0.15, 0.2) is 0 Å². The van der Waals surface area contributed by atoms with Crippen molar-refractivity contribution in [1.29, 1.82) is 0 Å². The van der Waals surface area contributed by atoms with Gasteiger partial charge in [-0.3, -0.25) is 0 Å². The van der Waals surface area contributed by atoms with Crippen molar-refractivity contribution >= 4 is 15.9 Å². The number of hydrogen-bond donors (Lipinski definition) is 1. The van der Waals surface area contributed by atoms with E-state index < -0.39 is 0 Å². The fraction of sp³-hybridized carbons (Fsp3) is 0.500. The van der Waals surface area contributed by atoms with Crippen LogP contribution in [0, 0.1) is 6.92 Å². The van der Waals surface area contributed by atoms with Crippen molar-refractivity contribution < 1.29 is 4.74 Å². The van der Waals surface area contributed by atoms with Crippen LogP contribution in [0.4, 0.5) is 0 Å². The van der Waals surface area contributed by atoms with Crippen LogP contribution in [0.15, 0.2) is 22.7 Å². The van der Waals surface area contributed by atoms with Crippen LogP contribution in [-0.4, -0.2) is 19.2 Å². The molecule has 1 fully saturated rings. The van der Waals surface area contributed by atoms with Crippen molar-refractivity contribution in [2.45, 2.75) is 25.9 Å². The topological polar surface area (TPSA) is 21.3 Å². The molecule has 1 aliphatic heterocycles. The fourth-order valence-corrected chi connectivity index (χ4v) is 2.38. The van der Waals surface area contributed by atoms with Gasteiger partial charge in [-0.1, -0.05) is 6.07 Å². The Morgan fingerprint density at radius 2 is 2.07 bits per heavy atom. The Kier molecular flexibility index (Phi) is 3.65. The molecule has 0 atom stereocenters. The molecule has 2 nitrogen and oxygen atoms in total. The van der Waals surface area contributed by atoms with Gasteiger partial charge in [0, 0.05) is 0 Å². The summed E-state index contributed by atoms with van der Waals surface area (Å²) < 4.78 is 7.01. The number of halogens is 1. The predicted octanol–water partition coefficient (Wildman–Crippen LogP) is 2.89. The summed E-state index contributed by atoms with van der Waals surface area (Å²) in [5.74, 6) is 0.965. The minimum Gasteiger partial charge on any atom is -0.489 e. The number of benzene rings is 1. The molecule has 0 aromatic heterocycles. The van der Waals surface area contributed by atoms with E-state index in [1.165, 1.54) is 5.56 Å². The van der Waals surface area contributed by atoms with Crippen LogP contribution in [0.2, 0.25) is 0 Å². The summed E-state index contributed by atoms with van der Waals surface area (Å²) in [6.07, 6.45) is 2.56. The van der Waals surface area contributed by atoms with Crippen LogP contribution < -0.4 is 10.1 Å². The molecule has 1 aliphatic rings. The maximum Gasteiger partial charge on any atom is 0.133 e. The van der Waals surface area contributed by atoms with E-state index in [4.69, 9.17) is 4.74 Å². The van der Waals surface area contributed by atoms with Gasteiger partial charge in [0.1, 0.15) is 11.9 Å². The number of piperidine rings is 1. The normalized spacial score (nSPS) is 17.7. The zero-order valence-corrected chi connectivity index (χ0v) is 10.5. The molecule has 0 bridgehead atoms. The lowest BCUT2D eigenvalue weighted by Gasteiger charge is -2.24. The van der Waals surface area contributed by atoms with Crippen LogP contribution in [0.5, 0.6) is 5.75 Å². The molecule has 15 heavy (non-hydrogen) atoms. The number of aryl methyl sites for hydroxylation is 1. The van der Waals surface area contributed by atoms with Gasteiger partial charge in [0.05, 0.1) is 4.47 Å². The largest absolute Gasteiger partial charge is 0.489 e. The molecule has 0 radical (unpaired) electrons. The van der Waals surface area contributed by atoms with Gasteiger partial charge in [0.25, 0.3) is 0 Å². The predicted molar refractivity (Wildman–Crippen MR) is 65.4 cm³/mol. The van der Waals surface area contributed by atoms with E-state index >= 15 is 0 Å². The van der Waals surface area contributed by atoms with E-state index in [0.717, 1.165) is 36.2 Å². The fourth-order valence-electron chi connectivity index (χ4n) is 1.79. The summed E-state index contributed by atoms with van der Waals surface area (Å²) in [5, 5.41) is 3.33.